The largest absolute Gasteiger partial charge is 0.379 e. The summed E-state index contributed by atoms with van der Waals surface area (Å²) in [4.78, 5) is 2.50. The van der Waals surface area contributed by atoms with Crippen molar-refractivity contribution in [3.8, 4) is 0 Å². The number of hydrogen-bond donors (Lipinski definition) is 1. The molecule has 0 amide bonds. The normalized spacial score (nSPS) is 34.2. The highest BCUT2D eigenvalue weighted by molar-refractivity contribution is 4.96. The van der Waals surface area contributed by atoms with Gasteiger partial charge in [-0.15, -0.1) is 0 Å². The molecule has 0 aromatic heterocycles. The summed E-state index contributed by atoms with van der Waals surface area (Å²) >= 11 is 0. The standard InChI is InChI=1S/C10H20N2O/c1-2-12-5-3-10(4-6-12)8-13-7-9(10)11/h9H,2-8,11H2,1H3. The van der Waals surface area contributed by atoms with Gasteiger partial charge in [-0.1, -0.05) is 6.92 Å². The van der Waals surface area contributed by atoms with E-state index in [2.05, 4.69) is 11.8 Å². The van der Waals surface area contributed by atoms with Gasteiger partial charge in [-0.2, -0.15) is 0 Å². The van der Waals surface area contributed by atoms with Crippen LogP contribution in [0.2, 0.25) is 0 Å². The van der Waals surface area contributed by atoms with Crippen LogP contribution in [0.1, 0.15) is 19.8 Å². The zero-order valence-corrected chi connectivity index (χ0v) is 8.46. The third kappa shape index (κ3) is 1.60. The van der Waals surface area contributed by atoms with Crippen LogP contribution in [-0.2, 0) is 4.74 Å². The third-order valence-corrected chi connectivity index (χ3v) is 3.77. The summed E-state index contributed by atoms with van der Waals surface area (Å²) in [6, 6.07) is 0.284. The predicted octanol–water partition coefficient (Wildman–Crippen LogP) is 0.446. The monoisotopic (exact) mass is 184 g/mol. The van der Waals surface area contributed by atoms with Gasteiger partial charge in [-0.3, -0.25) is 0 Å². The summed E-state index contributed by atoms with van der Waals surface area (Å²) in [5, 5.41) is 0. The molecule has 0 aromatic carbocycles. The van der Waals surface area contributed by atoms with Gasteiger partial charge in [0.05, 0.1) is 13.2 Å². The van der Waals surface area contributed by atoms with Crippen LogP contribution in [0, 0.1) is 5.41 Å². The number of piperidine rings is 1. The van der Waals surface area contributed by atoms with Gasteiger partial charge in [0.25, 0.3) is 0 Å². The van der Waals surface area contributed by atoms with E-state index in [1.54, 1.807) is 0 Å². The summed E-state index contributed by atoms with van der Waals surface area (Å²) < 4.78 is 5.48. The number of hydrogen-bond acceptors (Lipinski definition) is 3. The average Bonchev–Trinajstić information content (AvgIpc) is 2.50. The number of nitrogens with zero attached hydrogens (tertiary/aromatic N) is 1. The molecule has 3 nitrogen and oxygen atoms in total. The maximum Gasteiger partial charge on any atom is 0.0624 e. The maximum atomic E-state index is 6.09. The first kappa shape index (κ1) is 9.44. The molecule has 2 aliphatic rings. The Morgan fingerprint density at radius 3 is 2.62 bits per heavy atom. The van der Waals surface area contributed by atoms with Crippen LogP contribution in [-0.4, -0.2) is 43.8 Å². The molecular formula is C10H20N2O. The van der Waals surface area contributed by atoms with E-state index in [0.717, 1.165) is 13.2 Å². The molecule has 2 rings (SSSR count). The molecule has 2 aliphatic heterocycles. The van der Waals surface area contributed by atoms with Crippen LogP contribution in [0.5, 0.6) is 0 Å². The molecule has 2 fully saturated rings. The summed E-state index contributed by atoms with van der Waals surface area (Å²) in [6.45, 7) is 7.47. The number of nitrogens with two attached hydrogens (primary N) is 1. The van der Waals surface area contributed by atoms with Crippen LogP contribution >= 0.6 is 0 Å². The topological polar surface area (TPSA) is 38.5 Å². The third-order valence-electron chi connectivity index (χ3n) is 3.77. The van der Waals surface area contributed by atoms with Crippen LogP contribution in [0.15, 0.2) is 0 Å². The zero-order chi connectivity index (χ0) is 9.31. The molecule has 0 aromatic rings. The molecule has 1 atom stereocenters. The average molecular weight is 184 g/mol. The Labute approximate surface area is 80.2 Å². The number of ether oxygens (including phenoxy) is 1. The van der Waals surface area contributed by atoms with E-state index >= 15 is 0 Å². The lowest BCUT2D eigenvalue weighted by atomic mass is 9.75. The van der Waals surface area contributed by atoms with Gasteiger partial charge in [0.2, 0.25) is 0 Å². The first-order valence-electron chi connectivity index (χ1n) is 5.32. The second-order valence-electron chi connectivity index (χ2n) is 4.42. The Morgan fingerprint density at radius 2 is 2.15 bits per heavy atom. The van der Waals surface area contributed by atoms with Gasteiger partial charge in [0.15, 0.2) is 0 Å². The van der Waals surface area contributed by atoms with Crippen molar-refractivity contribution in [1.29, 1.82) is 0 Å². The Bertz CT molecular complexity index is 176. The molecule has 2 heterocycles. The minimum Gasteiger partial charge on any atom is -0.379 e. The fourth-order valence-corrected chi connectivity index (χ4v) is 2.50. The van der Waals surface area contributed by atoms with Crippen LogP contribution in [0.25, 0.3) is 0 Å². The van der Waals surface area contributed by atoms with E-state index < -0.39 is 0 Å². The fourth-order valence-electron chi connectivity index (χ4n) is 2.50. The van der Waals surface area contributed by atoms with Crippen molar-refractivity contribution in [3.05, 3.63) is 0 Å². The molecule has 1 unspecified atom stereocenters. The highest BCUT2D eigenvalue weighted by Gasteiger charge is 2.43. The van der Waals surface area contributed by atoms with E-state index in [-0.39, 0.29) is 6.04 Å². The predicted molar refractivity (Wildman–Crippen MR) is 52.6 cm³/mol. The lowest BCUT2D eigenvalue weighted by Gasteiger charge is -2.40. The zero-order valence-electron chi connectivity index (χ0n) is 8.46. The summed E-state index contributed by atoms with van der Waals surface area (Å²) in [6.07, 6.45) is 2.45. The Kier molecular flexibility index (Phi) is 2.58. The van der Waals surface area contributed by atoms with Crippen molar-refractivity contribution in [3.63, 3.8) is 0 Å². The molecule has 0 aliphatic carbocycles. The molecule has 2 saturated heterocycles. The second-order valence-corrected chi connectivity index (χ2v) is 4.42. The molecule has 1 spiro atoms. The van der Waals surface area contributed by atoms with Crippen molar-refractivity contribution < 1.29 is 4.74 Å². The summed E-state index contributed by atoms with van der Waals surface area (Å²) in [5.74, 6) is 0. The molecule has 3 heteroatoms. The van der Waals surface area contributed by atoms with E-state index in [9.17, 15) is 0 Å². The minimum absolute atomic E-state index is 0.284. The smallest absolute Gasteiger partial charge is 0.0624 e. The highest BCUT2D eigenvalue weighted by atomic mass is 16.5. The van der Waals surface area contributed by atoms with Gasteiger partial charge < -0.3 is 15.4 Å². The second kappa shape index (κ2) is 3.56. The SMILES string of the molecule is CCN1CCC2(CC1)COCC2N. The molecule has 2 N–H and O–H groups in total. The van der Waals surface area contributed by atoms with E-state index in [0.29, 0.717) is 5.41 Å². The molecular weight excluding hydrogens is 164 g/mol. The lowest BCUT2D eigenvalue weighted by molar-refractivity contribution is 0.0783. The van der Waals surface area contributed by atoms with Crippen molar-refractivity contribution in [2.75, 3.05) is 32.8 Å². The highest BCUT2D eigenvalue weighted by Crippen LogP contribution is 2.38. The summed E-state index contributed by atoms with van der Waals surface area (Å²) in [5.41, 5.74) is 6.41. The van der Waals surface area contributed by atoms with Gasteiger partial charge in [-0.05, 0) is 32.5 Å². The van der Waals surface area contributed by atoms with Crippen molar-refractivity contribution in [2.24, 2.45) is 11.1 Å². The number of likely N-dealkylation sites (tertiary alicyclic amines) is 1. The van der Waals surface area contributed by atoms with E-state index in [1.807, 2.05) is 0 Å². The molecule has 76 valence electrons. The van der Waals surface area contributed by atoms with Crippen molar-refractivity contribution in [2.45, 2.75) is 25.8 Å². The molecule has 0 radical (unpaired) electrons. The molecule has 0 bridgehead atoms. The Morgan fingerprint density at radius 1 is 1.46 bits per heavy atom. The minimum atomic E-state index is 0.284. The maximum absolute atomic E-state index is 6.09. The first-order chi connectivity index (χ1) is 6.27. The van der Waals surface area contributed by atoms with E-state index in [4.69, 9.17) is 10.5 Å². The van der Waals surface area contributed by atoms with Crippen LogP contribution in [0.4, 0.5) is 0 Å². The van der Waals surface area contributed by atoms with Gasteiger partial charge in [0, 0.05) is 11.5 Å². The van der Waals surface area contributed by atoms with Gasteiger partial charge >= 0.3 is 0 Å². The molecule has 0 saturated carbocycles. The van der Waals surface area contributed by atoms with Crippen molar-refractivity contribution >= 4 is 0 Å². The van der Waals surface area contributed by atoms with Crippen LogP contribution < -0.4 is 5.73 Å². The van der Waals surface area contributed by atoms with Crippen molar-refractivity contribution in [1.82, 2.24) is 4.90 Å². The lowest BCUT2D eigenvalue weighted by Crippen LogP contribution is -2.48. The summed E-state index contributed by atoms with van der Waals surface area (Å²) in [7, 11) is 0. The van der Waals surface area contributed by atoms with Gasteiger partial charge in [0.1, 0.15) is 0 Å². The van der Waals surface area contributed by atoms with Gasteiger partial charge in [-0.25, -0.2) is 0 Å². The Balaban J connectivity index is 1.95. The first-order valence-corrected chi connectivity index (χ1v) is 5.32. The molecule has 13 heavy (non-hydrogen) atoms. The fraction of sp³-hybridized carbons (Fsp3) is 1.00. The number of rotatable bonds is 1. The van der Waals surface area contributed by atoms with E-state index in [1.165, 1.54) is 32.5 Å². The quantitative estimate of drug-likeness (QED) is 0.643. The van der Waals surface area contributed by atoms with Crippen LogP contribution in [0.3, 0.4) is 0 Å². The Hall–Kier alpha value is -0.120.